The summed E-state index contributed by atoms with van der Waals surface area (Å²) < 4.78 is 23.5. The molecule has 0 saturated heterocycles. The Morgan fingerprint density at radius 1 is 1.03 bits per heavy atom. The van der Waals surface area contributed by atoms with Crippen molar-refractivity contribution in [1.29, 1.82) is 0 Å². The molecule has 30 heavy (non-hydrogen) atoms. The van der Waals surface area contributed by atoms with Crippen LogP contribution in [-0.2, 0) is 34.1 Å². The van der Waals surface area contributed by atoms with E-state index in [0.717, 1.165) is 22.4 Å². The van der Waals surface area contributed by atoms with Crippen LogP contribution in [0.5, 0.6) is 0 Å². The minimum absolute atomic E-state index is 0.0279. The summed E-state index contributed by atoms with van der Waals surface area (Å²) in [6, 6.07) is 12.8. The number of nitrogens with two attached hydrogens (primary N) is 1. The number of carbonyl (C=O) groups is 1. The fourth-order valence-electron chi connectivity index (χ4n) is 4.40. The van der Waals surface area contributed by atoms with Gasteiger partial charge in [0.05, 0.1) is 10.6 Å². The van der Waals surface area contributed by atoms with Crippen LogP contribution >= 0.6 is 0 Å². The molecule has 0 saturated carbocycles. The molecule has 152 valence electrons. The number of amides is 1. The van der Waals surface area contributed by atoms with Crippen LogP contribution in [0.4, 0.5) is 5.69 Å². The lowest BCUT2D eigenvalue weighted by molar-refractivity contribution is -0.122. The largest absolute Gasteiger partial charge is 0.312 e. The molecule has 2 aromatic carbocycles. The molecule has 1 unspecified atom stereocenters. The summed E-state index contributed by atoms with van der Waals surface area (Å²) in [4.78, 5) is 23.3. The van der Waals surface area contributed by atoms with Gasteiger partial charge < -0.3 is 4.90 Å². The molecule has 0 radical (unpaired) electrons. The molecule has 2 N–H and O–H groups in total. The minimum Gasteiger partial charge on any atom is -0.312 e. The third-order valence-corrected chi connectivity index (χ3v) is 6.82. The van der Waals surface area contributed by atoms with Crippen LogP contribution in [0.15, 0.2) is 59.9 Å². The van der Waals surface area contributed by atoms with E-state index in [1.165, 1.54) is 24.0 Å². The summed E-state index contributed by atoms with van der Waals surface area (Å²) in [5, 5.41) is 5.27. The normalized spacial score (nSPS) is 17.6. The zero-order valence-electron chi connectivity index (χ0n) is 16.2. The van der Waals surface area contributed by atoms with Gasteiger partial charge in [0.15, 0.2) is 0 Å². The van der Waals surface area contributed by atoms with Crippen molar-refractivity contribution in [3.8, 4) is 11.3 Å². The number of hydrogen-bond acceptors (Lipinski definition) is 5. The molecule has 1 amide bonds. The molecule has 3 aromatic rings. The maximum atomic E-state index is 13.3. The van der Waals surface area contributed by atoms with Crippen molar-refractivity contribution in [2.45, 2.75) is 24.2 Å². The van der Waals surface area contributed by atoms with Crippen molar-refractivity contribution < 1.29 is 13.2 Å². The van der Waals surface area contributed by atoms with E-state index in [4.69, 9.17) is 5.14 Å². The zero-order valence-corrected chi connectivity index (χ0v) is 17.0. The maximum Gasteiger partial charge on any atom is 0.238 e. The summed E-state index contributed by atoms with van der Waals surface area (Å²) in [5.41, 5.74) is 5.81. The lowest BCUT2D eigenvalue weighted by atomic mass is 10.0. The summed E-state index contributed by atoms with van der Waals surface area (Å²) in [6.45, 7) is 0.557. The molecular weight excluding hydrogens is 400 g/mol. The third kappa shape index (κ3) is 3.28. The first-order valence-corrected chi connectivity index (χ1v) is 11.3. The number of benzene rings is 2. The molecule has 1 aromatic heterocycles. The zero-order chi connectivity index (χ0) is 20.9. The monoisotopic (exact) mass is 420 g/mol. The Hall–Kier alpha value is -3.10. The fourth-order valence-corrected chi connectivity index (χ4v) is 4.93. The number of anilines is 1. The number of sulfonamides is 1. The van der Waals surface area contributed by atoms with Crippen LogP contribution in [0.2, 0.25) is 0 Å². The van der Waals surface area contributed by atoms with Gasteiger partial charge in [0.2, 0.25) is 15.9 Å². The Kier molecular flexibility index (Phi) is 4.41. The maximum absolute atomic E-state index is 13.3. The van der Waals surface area contributed by atoms with Crippen molar-refractivity contribution >= 4 is 21.6 Å². The second-order valence-electron chi connectivity index (χ2n) is 7.76. The summed E-state index contributed by atoms with van der Waals surface area (Å²) >= 11 is 0. The molecule has 8 heteroatoms. The molecule has 2 heterocycles. The lowest BCUT2D eigenvalue weighted by Gasteiger charge is -2.21. The number of nitrogens with zero attached hydrogens (tertiary/aromatic N) is 3. The van der Waals surface area contributed by atoms with Crippen LogP contribution in [0, 0.1) is 5.92 Å². The SMILES string of the molecule is NS(=O)(=O)c1ccc2c(c1)N(C(=O)C1Cc3ccc(-c4ccncn4)cc3C1)CC2. The summed E-state index contributed by atoms with van der Waals surface area (Å²) in [6.07, 6.45) is 5.29. The summed E-state index contributed by atoms with van der Waals surface area (Å²) in [5.74, 6) is -0.134. The third-order valence-electron chi connectivity index (χ3n) is 5.91. The highest BCUT2D eigenvalue weighted by atomic mass is 32.2. The molecule has 5 rings (SSSR count). The molecule has 1 atom stereocenters. The highest BCUT2D eigenvalue weighted by Crippen LogP contribution is 2.36. The van der Waals surface area contributed by atoms with E-state index in [2.05, 4.69) is 22.1 Å². The number of rotatable bonds is 3. The minimum atomic E-state index is -3.82. The second kappa shape index (κ2) is 7.00. The topological polar surface area (TPSA) is 106 Å². The molecule has 1 aliphatic carbocycles. The Bertz CT molecular complexity index is 1260. The molecule has 0 fully saturated rings. The van der Waals surface area contributed by atoms with E-state index in [0.29, 0.717) is 31.5 Å². The van der Waals surface area contributed by atoms with E-state index in [-0.39, 0.29) is 16.7 Å². The molecule has 0 spiro atoms. The molecule has 1 aliphatic heterocycles. The number of primary sulfonamides is 1. The Morgan fingerprint density at radius 2 is 1.83 bits per heavy atom. The van der Waals surface area contributed by atoms with Gasteiger partial charge in [-0.2, -0.15) is 0 Å². The van der Waals surface area contributed by atoms with Crippen molar-refractivity contribution in [2.24, 2.45) is 11.1 Å². The van der Waals surface area contributed by atoms with E-state index in [1.54, 1.807) is 17.2 Å². The van der Waals surface area contributed by atoms with Crippen LogP contribution in [0.3, 0.4) is 0 Å². The van der Waals surface area contributed by atoms with Gasteiger partial charge in [-0.3, -0.25) is 4.79 Å². The van der Waals surface area contributed by atoms with Crippen molar-refractivity contribution in [3.05, 3.63) is 71.7 Å². The number of aromatic nitrogens is 2. The molecule has 7 nitrogen and oxygen atoms in total. The number of fused-ring (bicyclic) bond motifs is 2. The Labute approximate surface area is 174 Å². The Balaban J connectivity index is 1.40. The van der Waals surface area contributed by atoms with Gasteiger partial charge in [-0.1, -0.05) is 18.2 Å². The van der Waals surface area contributed by atoms with Crippen LogP contribution in [0.25, 0.3) is 11.3 Å². The van der Waals surface area contributed by atoms with Crippen molar-refractivity contribution in [2.75, 3.05) is 11.4 Å². The molecule has 2 aliphatic rings. The molecular formula is C22H20N4O3S. The Morgan fingerprint density at radius 3 is 2.60 bits per heavy atom. The van der Waals surface area contributed by atoms with Crippen LogP contribution in [0.1, 0.15) is 16.7 Å². The van der Waals surface area contributed by atoms with Gasteiger partial charge in [-0.15, -0.1) is 0 Å². The van der Waals surface area contributed by atoms with Gasteiger partial charge >= 0.3 is 0 Å². The number of hydrogen-bond donors (Lipinski definition) is 1. The van der Waals surface area contributed by atoms with Crippen LogP contribution in [-0.4, -0.2) is 30.8 Å². The smallest absolute Gasteiger partial charge is 0.238 e. The van der Waals surface area contributed by atoms with Gasteiger partial charge in [0.1, 0.15) is 6.33 Å². The highest BCUT2D eigenvalue weighted by Gasteiger charge is 2.34. The quantitative estimate of drug-likeness (QED) is 0.698. The van der Waals surface area contributed by atoms with Crippen LogP contribution < -0.4 is 10.0 Å². The van der Waals surface area contributed by atoms with E-state index in [9.17, 15) is 13.2 Å². The predicted molar refractivity (Wildman–Crippen MR) is 112 cm³/mol. The highest BCUT2D eigenvalue weighted by molar-refractivity contribution is 7.89. The predicted octanol–water partition coefficient (Wildman–Crippen LogP) is 2.10. The standard InChI is InChI=1S/C22H20N4O3S/c23-30(28,29)19-4-3-14-6-8-26(21(14)12-19)22(27)18-9-15-1-2-16(10-17(15)11-18)20-5-7-24-13-25-20/h1-5,7,10,12-13,18H,6,8-9,11H2,(H2,23,28,29). The number of carbonyl (C=O) groups excluding carboxylic acids is 1. The van der Waals surface area contributed by atoms with Gasteiger partial charge in [0, 0.05) is 29.9 Å². The van der Waals surface area contributed by atoms with E-state index >= 15 is 0 Å². The first kappa shape index (κ1) is 18.9. The summed E-state index contributed by atoms with van der Waals surface area (Å²) in [7, 11) is -3.82. The lowest BCUT2D eigenvalue weighted by Crippen LogP contribution is -2.35. The average Bonchev–Trinajstić information content (AvgIpc) is 3.36. The van der Waals surface area contributed by atoms with E-state index in [1.807, 2.05) is 12.1 Å². The van der Waals surface area contributed by atoms with Gasteiger partial charge in [0.25, 0.3) is 0 Å². The average molecular weight is 420 g/mol. The first-order valence-electron chi connectivity index (χ1n) is 9.75. The van der Waals surface area contributed by atoms with Crippen molar-refractivity contribution in [3.63, 3.8) is 0 Å². The molecule has 0 bridgehead atoms. The second-order valence-corrected chi connectivity index (χ2v) is 9.32. The van der Waals surface area contributed by atoms with Gasteiger partial charge in [-0.05, 0) is 60.2 Å². The van der Waals surface area contributed by atoms with Crippen molar-refractivity contribution in [1.82, 2.24) is 9.97 Å². The first-order chi connectivity index (χ1) is 14.4. The van der Waals surface area contributed by atoms with E-state index < -0.39 is 10.0 Å². The van der Waals surface area contributed by atoms with Gasteiger partial charge in [-0.25, -0.2) is 23.5 Å². The fraction of sp³-hybridized carbons (Fsp3) is 0.227.